The number of Topliss-reactive ketones (excluding diaryl/α,β-unsaturated/α-hetero) is 1. The minimum Gasteiger partial charge on any atom is -0.497 e. The van der Waals surface area contributed by atoms with Gasteiger partial charge in [-0.1, -0.05) is 36.4 Å². The molecule has 1 heterocycles. The number of ether oxygens (including phenoxy) is 4. The van der Waals surface area contributed by atoms with Crippen LogP contribution >= 0.6 is 0 Å². The van der Waals surface area contributed by atoms with Crippen molar-refractivity contribution in [2.75, 3.05) is 13.7 Å². The SMILES string of the molecule is COc1ccc(O[C@H]2C=C[C@@H](c3ccccc3)O[C@@H]2COC(=O)CCC(C)=O)cc1. The van der Waals surface area contributed by atoms with Crippen LogP contribution in [0.15, 0.2) is 66.7 Å². The monoisotopic (exact) mass is 410 g/mol. The summed E-state index contributed by atoms with van der Waals surface area (Å²) in [5, 5.41) is 0. The van der Waals surface area contributed by atoms with Gasteiger partial charge < -0.3 is 23.7 Å². The first-order chi connectivity index (χ1) is 14.5. The number of hydrogen-bond donors (Lipinski definition) is 0. The molecule has 1 aliphatic rings. The van der Waals surface area contributed by atoms with Gasteiger partial charge in [0.15, 0.2) is 0 Å². The minimum atomic E-state index is -0.497. The van der Waals surface area contributed by atoms with E-state index in [1.165, 1.54) is 6.92 Å². The fraction of sp³-hybridized carbons (Fsp3) is 0.333. The van der Waals surface area contributed by atoms with Crippen LogP contribution < -0.4 is 9.47 Å². The number of esters is 1. The summed E-state index contributed by atoms with van der Waals surface area (Å²) >= 11 is 0. The standard InChI is InChI=1S/C24H26O6/c1-17(25)8-15-24(26)28-16-23-22(29-20-11-9-19(27-2)10-12-20)14-13-21(30-23)18-6-4-3-5-7-18/h3-7,9-14,21-23H,8,15-16H2,1-2H3/t21-,22-,23+/m0/s1. The lowest BCUT2D eigenvalue weighted by molar-refractivity contribution is -0.153. The first-order valence-corrected chi connectivity index (χ1v) is 9.89. The molecular weight excluding hydrogens is 384 g/mol. The maximum Gasteiger partial charge on any atom is 0.306 e. The minimum absolute atomic E-state index is 0.0330. The molecule has 0 aliphatic carbocycles. The first kappa shape index (κ1) is 21.6. The molecule has 1 aliphatic heterocycles. The number of rotatable bonds is 9. The molecule has 0 saturated heterocycles. The first-order valence-electron chi connectivity index (χ1n) is 9.89. The largest absolute Gasteiger partial charge is 0.497 e. The fourth-order valence-electron chi connectivity index (χ4n) is 3.06. The van der Waals surface area contributed by atoms with Crippen molar-refractivity contribution in [2.24, 2.45) is 0 Å². The summed E-state index contributed by atoms with van der Waals surface area (Å²) in [5.74, 6) is 0.912. The zero-order valence-electron chi connectivity index (χ0n) is 17.2. The van der Waals surface area contributed by atoms with Crippen molar-refractivity contribution in [3.8, 4) is 11.5 Å². The van der Waals surface area contributed by atoms with Crippen LogP contribution in [0, 0.1) is 0 Å². The summed E-state index contributed by atoms with van der Waals surface area (Å²) in [4.78, 5) is 23.1. The van der Waals surface area contributed by atoms with E-state index in [9.17, 15) is 9.59 Å². The van der Waals surface area contributed by atoms with Crippen LogP contribution in [0.2, 0.25) is 0 Å². The lowest BCUT2D eigenvalue weighted by atomic mass is 10.0. The van der Waals surface area contributed by atoms with E-state index in [1.54, 1.807) is 7.11 Å². The van der Waals surface area contributed by atoms with E-state index >= 15 is 0 Å². The van der Waals surface area contributed by atoms with Gasteiger partial charge in [0.25, 0.3) is 0 Å². The second-order valence-corrected chi connectivity index (χ2v) is 7.03. The normalized spacial score (nSPS) is 20.4. The quantitative estimate of drug-likeness (QED) is 0.459. The molecule has 2 aromatic carbocycles. The molecule has 0 saturated carbocycles. The van der Waals surface area contributed by atoms with E-state index in [0.717, 1.165) is 11.3 Å². The predicted octanol–water partition coefficient (Wildman–Crippen LogP) is 4.05. The summed E-state index contributed by atoms with van der Waals surface area (Å²) in [6.07, 6.45) is 2.91. The van der Waals surface area contributed by atoms with Crippen molar-refractivity contribution in [2.45, 2.75) is 38.1 Å². The van der Waals surface area contributed by atoms with Crippen molar-refractivity contribution in [3.63, 3.8) is 0 Å². The molecule has 0 N–H and O–H groups in total. The van der Waals surface area contributed by atoms with Crippen molar-refractivity contribution < 1.29 is 28.5 Å². The average molecular weight is 410 g/mol. The predicted molar refractivity (Wildman–Crippen MR) is 111 cm³/mol. The van der Waals surface area contributed by atoms with Crippen LogP contribution in [0.5, 0.6) is 11.5 Å². The highest BCUT2D eigenvalue weighted by atomic mass is 16.6. The molecule has 3 rings (SSSR count). The van der Waals surface area contributed by atoms with Crippen molar-refractivity contribution in [1.29, 1.82) is 0 Å². The number of methoxy groups -OCH3 is 1. The third kappa shape index (κ3) is 6.19. The zero-order valence-corrected chi connectivity index (χ0v) is 17.2. The Kier molecular flexibility index (Phi) is 7.63. The van der Waals surface area contributed by atoms with Gasteiger partial charge in [-0.2, -0.15) is 0 Å². The Morgan fingerprint density at radius 1 is 0.933 bits per heavy atom. The van der Waals surface area contributed by atoms with Crippen LogP contribution in [0.1, 0.15) is 31.4 Å². The van der Waals surface area contributed by atoms with E-state index in [0.29, 0.717) is 5.75 Å². The molecule has 0 amide bonds. The van der Waals surface area contributed by atoms with Gasteiger partial charge in [0, 0.05) is 6.42 Å². The van der Waals surface area contributed by atoms with Gasteiger partial charge in [-0.05, 0) is 42.8 Å². The zero-order chi connectivity index (χ0) is 21.3. The van der Waals surface area contributed by atoms with Crippen molar-refractivity contribution >= 4 is 11.8 Å². The topological polar surface area (TPSA) is 71.1 Å². The molecule has 0 fully saturated rings. The summed E-state index contributed by atoms with van der Waals surface area (Å²) in [6, 6.07) is 17.0. The van der Waals surface area contributed by atoms with E-state index in [-0.39, 0.29) is 31.3 Å². The number of carbonyl (C=O) groups excluding carboxylic acids is 2. The average Bonchev–Trinajstić information content (AvgIpc) is 2.78. The van der Waals surface area contributed by atoms with Gasteiger partial charge in [-0.3, -0.25) is 4.79 Å². The molecule has 0 spiro atoms. The van der Waals surface area contributed by atoms with Crippen LogP contribution in [-0.4, -0.2) is 37.7 Å². The van der Waals surface area contributed by atoms with E-state index < -0.39 is 18.2 Å². The molecule has 0 radical (unpaired) electrons. The molecule has 0 bridgehead atoms. The highest BCUT2D eigenvalue weighted by Crippen LogP contribution is 2.29. The third-order valence-corrected chi connectivity index (χ3v) is 4.71. The number of ketones is 1. The molecule has 0 aromatic heterocycles. The van der Waals surface area contributed by atoms with Crippen molar-refractivity contribution in [1.82, 2.24) is 0 Å². The Balaban J connectivity index is 1.69. The summed E-state index contributed by atoms with van der Waals surface area (Å²) < 4.78 is 22.8. The summed E-state index contributed by atoms with van der Waals surface area (Å²) in [5.41, 5.74) is 1.00. The molecular formula is C24H26O6. The Labute approximate surface area is 176 Å². The number of hydrogen-bond acceptors (Lipinski definition) is 6. The smallest absolute Gasteiger partial charge is 0.306 e. The Morgan fingerprint density at radius 3 is 2.30 bits per heavy atom. The highest BCUT2D eigenvalue weighted by molar-refractivity contribution is 5.80. The number of carbonyl (C=O) groups is 2. The lowest BCUT2D eigenvalue weighted by Gasteiger charge is -2.32. The van der Waals surface area contributed by atoms with Gasteiger partial charge in [-0.25, -0.2) is 0 Å². The van der Waals surface area contributed by atoms with Crippen molar-refractivity contribution in [3.05, 3.63) is 72.3 Å². The second kappa shape index (κ2) is 10.6. The van der Waals surface area contributed by atoms with Gasteiger partial charge in [-0.15, -0.1) is 0 Å². The molecule has 30 heavy (non-hydrogen) atoms. The summed E-state index contributed by atoms with van der Waals surface area (Å²) in [6.45, 7) is 1.48. The van der Waals surface area contributed by atoms with Crippen LogP contribution in [0.3, 0.4) is 0 Å². The van der Waals surface area contributed by atoms with Gasteiger partial charge in [0.1, 0.15) is 42.2 Å². The third-order valence-electron chi connectivity index (χ3n) is 4.71. The van der Waals surface area contributed by atoms with Gasteiger partial charge in [0.05, 0.1) is 13.5 Å². The van der Waals surface area contributed by atoms with E-state index in [1.807, 2.05) is 66.7 Å². The second-order valence-electron chi connectivity index (χ2n) is 7.03. The van der Waals surface area contributed by atoms with E-state index in [4.69, 9.17) is 18.9 Å². The van der Waals surface area contributed by atoms with Crippen LogP contribution in [0.4, 0.5) is 0 Å². The molecule has 0 unspecified atom stereocenters. The molecule has 158 valence electrons. The maximum absolute atomic E-state index is 12.0. The molecule has 3 atom stereocenters. The highest BCUT2D eigenvalue weighted by Gasteiger charge is 2.31. The van der Waals surface area contributed by atoms with Crippen LogP contribution in [0.25, 0.3) is 0 Å². The Hall–Kier alpha value is -3.12. The van der Waals surface area contributed by atoms with Gasteiger partial charge >= 0.3 is 5.97 Å². The summed E-state index contributed by atoms with van der Waals surface area (Å²) in [7, 11) is 1.60. The maximum atomic E-state index is 12.0. The Bertz CT molecular complexity index is 859. The number of benzene rings is 2. The molecule has 6 nitrogen and oxygen atoms in total. The molecule has 6 heteroatoms. The van der Waals surface area contributed by atoms with E-state index in [2.05, 4.69) is 0 Å². The van der Waals surface area contributed by atoms with Crippen LogP contribution in [-0.2, 0) is 19.1 Å². The van der Waals surface area contributed by atoms with Gasteiger partial charge in [0.2, 0.25) is 0 Å². The fourth-order valence-corrected chi connectivity index (χ4v) is 3.06. The Morgan fingerprint density at radius 2 is 1.63 bits per heavy atom. The molecule has 2 aromatic rings. The lowest BCUT2D eigenvalue weighted by Crippen LogP contribution is -2.40.